The summed E-state index contributed by atoms with van der Waals surface area (Å²) < 4.78 is 5.52. The van der Waals surface area contributed by atoms with Crippen molar-refractivity contribution in [2.45, 2.75) is 70.6 Å². The van der Waals surface area contributed by atoms with Crippen LogP contribution < -0.4 is 5.32 Å². The zero-order valence-corrected chi connectivity index (χ0v) is 15.1. The molecule has 1 aromatic carbocycles. The fourth-order valence-corrected chi connectivity index (χ4v) is 3.35. The molecule has 1 aromatic rings. The van der Waals surface area contributed by atoms with Crippen LogP contribution >= 0.6 is 0 Å². The molecule has 0 aliphatic heterocycles. The Kier molecular flexibility index (Phi) is 7.61. The first kappa shape index (κ1) is 19.1. The van der Waals surface area contributed by atoms with Crippen LogP contribution in [0.2, 0.25) is 0 Å². The highest BCUT2D eigenvalue weighted by atomic mass is 16.6. The molecule has 1 fully saturated rings. The van der Waals surface area contributed by atoms with Crippen LogP contribution in [0.1, 0.15) is 51.5 Å². The molecular weight excluding hydrogens is 316 g/mol. The van der Waals surface area contributed by atoms with Gasteiger partial charge in [-0.25, -0.2) is 4.79 Å². The Morgan fingerprint density at radius 1 is 1.32 bits per heavy atom. The van der Waals surface area contributed by atoms with E-state index in [2.05, 4.69) is 29.2 Å². The quantitative estimate of drug-likeness (QED) is 0.409. The summed E-state index contributed by atoms with van der Waals surface area (Å²) in [5.41, 5.74) is 10.1. The summed E-state index contributed by atoms with van der Waals surface area (Å²) in [6.07, 6.45) is 5.04. The van der Waals surface area contributed by atoms with Gasteiger partial charge in [0.1, 0.15) is 6.10 Å². The van der Waals surface area contributed by atoms with Crippen LogP contribution in [0.15, 0.2) is 35.4 Å². The van der Waals surface area contributed by atoms with Gasteiger partial charge in [-0.3, -0.25) is 0 Å². The van der Waals surface area contributed by atoms with E-state index in [0.717, 1.165) is 37.7 Å². The second-order valence-corrected chi connectivity index (χ2v) is 7.15. The van der Waals surface area contributed by atoms with Crippen molar-refractivity contribution in [2.24, 2.45) is 11.0 Å². The van der Waals surface area contributed by atoms with Crippen LogP contribution in [0, 0.1) is 5.92 Å². The minimum absolute atomic E-state index is 0.0201. The molecular formula is C19H28N4O2. The van der Waals surface area contributed by atoms with Gasteiger partial charge in [0.05, 0.1) is 6.04 Å². The first-order chi connectivity index (χ1) is 12.1. The summed E-state index contributed by atoms with van der Waals surface area (Å²) in [7, 11) is 0. The lowest BCUT2D eigenvalue weighted by molar-refractivity contribution is 0.0955. The van der Waals surface area contributed by atoms with Crippen LogP contribution in [0.3, 0.4) is 0 Å². The summed E-state index contributed by atoms with van der Waals surface area (Å²) in [5, 5.41) is 6.92. The molecule has 25 heavy (non-hydrogen) atoms. The van der Waals surface area contributed by atoms with Crippen LogP contribution in [0.5, 0.6) is 0 Å². The van der Waals surface area contributed by atoms with Gasteiger partial charge in [-0.05, 0) is 55.5 Å². The van der Waals surface area contributed by atoms with Crippen molar-refractivity contribution in [3.63, 3.8) is 0 Å². The van der Waals surface area contributed by atoms with Crippen molar-refractivity contribution in [3.8, 4) is 0 Å². The van der Waals surface area contributed by atoms with Crippen LogP contribution in [-0.4, -0.2) is 24.3 Å². The predicted molar refractivity (Wildman–Crippen MR) is 98.2 cm³/mol. The molecule has 136 valence electrons. The average Bonchev–Trinajstić information content (AvgIpc) is 3.07. The van der Waals surface area contributed by atoms with Gasteiger partial charge in [0.25, 0.3) is 0 Å². The summed E-state index contributed by atoms with van der Waals surface area (Å²) in [6, 6.07) is 9.29. The van der Waals surface area contributed by atoms with Crippen molar-refractivity contribution in [1.82, 2.24) is 5.32 Å². The molecule has 0 bridgehead atoms. The maximum atomic E-state index is 12.3. The molecule has 0 saturated heterocycles. The fraction of sp³-hybridized carbons (Fsp3) is 0.632. The number of nitrogens with zero attached hydrogens (tertiary/aromatic N) is 3. The number of hydrogen-bond acceptors (Lipinski definition) is 3. The highest BCUT2D eigenvalue weighted by molar-refractivity contribution is 5.68. The van der Waals surface area contributed by atoms with Crippen LogP contribution in [-0.2, 0) is 11.2 Å². The molecule has 1 aliphatic rings. The minimum atomic E-state index is -0.399. The van der Waals surface area contributed by atoms with E-state index in [-0.39, 0.29) is 18.2 Å². The molecule has 2 atom stereocenters. The number of alkyl carbamates (subject to hydrolysis) is 1. The molecule has 0 spiro atoms. The predicted octanol–water partition coefficient (Wildman–Crippen LogP) is 4.99. The Labute approximate surface area is 149 Å². The molecule has 0 aromatic heterocycles. The number of carbonyl (C=O) groups excluding carboxylic acids is 1. The lowest BCUT2D eigenvalue weighted by Crippen LogP contribution is -2.45. The van der Waals surface area contributed by atoms with Crippen molar-refractivity contribution in [2.75, 3.05) is 0 Å². The Morgan fingerprint density at radius 3 is 2.60 bits per heavy atom. The summed E-state index contributed by atoms with van der Waals surface area (Å²) >= 11 is 0. The Balaban J connectivity index is 2.05. The zero-order chi connectivity index (χ0) is 18.1. The van der Waals surface area contributed by atoms with Gasteiger partial charge in [0, 0.05) is 11.0 Å². The number of carbonyl (C=O) groups is 1. The number of benzene rings is 1. The average molecular weight is 344 g/mol. The van der Waals surface area contributed by atoms with Crippen molar-refractivity contribution >= 4 is 6.09 Å². The van der Waals surface area contributed by atoms with Gasteiger partial charge in [-0.2, -0.15) is 0 Å². The third kappa shape index (κ3) is 6.67. The third-order valence-electron chi connectivity index (χ3n) is 4.56. The van der Waals surface area contributed by atoms with E-state index in [0.29, 0.717) is 12.3 Å². The lowest BCUT2D eigenvalue weighted by Gasteiger charge is -2.27. The van der Waals surface area contributed by atoms with E-state index in [1.807, 2.05) is 30.3 Å². The lowest BCUT2D eigenvalue weighted by atomic mass is 9.93. The maximum absolute atomic E-state index is 12.3. The first-order valence-corrected chi connectivity index (χ1v) is 9.13. The highest BCUT2D eigenvalue weighted by Gasteiger charge is 2.26. The van der Waals surface area contributed by atoms with Gasteiger partial charge in [-0.1, -0.05) is 49.3 Å². The maximum Gasteiger partial charge on any atom is 0.407 e. The highest BCUT2D eigenvalue weighted by Crippen LogP contribution is 2.22. The summed E-state index contributed by atoms with van der Waals surface area (Å²) in [6.45, 7) is 4.18. The molecule has 1 aliphatic carbocycles. The van der Waals surface area contributed by atoms with E-state index in [9.17, 15) is 4.79 Å². The molecule has 1 saturated carbocycles. The number of amides is 1. The smallest absolute Gasteiger partial charge is 0.407 e. The number of hydrogen-bond donors (Lipinski definition) is 1. The molecule has 1 amide bonds. The molecule has 6 nitrogen and oxygen atoms in total. The molecule has 0 unspecified atom stereocenters. The summed E-state index contributed by atoms with van der Waals surface area (Å²) in [5.74, 6) is 0.365. The standard InChI is InChI=1S/C19H28N4O2/c1-14(2)12-17(21-19(24)25-16-10-6-7-11-16)18(22-23-20)13-15-8-4-3-5-9-15/h3-5,8-9,14,16-18H,6-7,10-13H2,1-2H3,(H,21,24)/t17-,18-/m0/s1. The minimum Gasteiger partial charge on any atom is -0.446 e. The van der Waals surface area contributed by atoms with Crippen molar-refractivity contribution < 1.29 is 9.53 Å². The fourth-order valence-electron chi connectivity index (χ4n) is 3.35. The Hall–Kier alpha value is -2.20. The second kappa shape index (κ2) is 9.94. The Morgan fingerprint density at radius 2 is 2.00 bits per heavy atom. The van der Waals surface area contributed by atoms with Gasteiger partial charge in [0.15, 0.2) is 0 Å². The largest absolute Gasteiger partial charge is 0.446 e. The van der Waals surface area contributed by atoms with Crippen molar-refractivity contribution in [1.29, 1.82) is 0 Å². The summed E-state index contributed by atoms with van der Waals surface area (Å²) in [4.78, 5) is 15.3. The SMILES string of the molecule is CC(C)C[C@H](NC(=O)OC1CCCC1)[C@H](Cc1ccccc1)N=[N+]=[N-]. The van der Waals surface area contributed by atoms with Crippen LogP contribution in [0.4, 0.5) is 4.79 Å². The van der Waals surface area contributed by atoms with E-state index < -0.39 is 6.09 Å². The van der Waals surface area contributed by atoms with E-state index in [1.165, 1.54) is 0 Å². The monoisotopic (exact) mass is 344 g/mol. The molecule has 1 N–H and O–H groups in total. The first-order valence-electron chi connectivity index (χ1n) is 9.13. The normalized spacial score (nSPS) is 16.9. The van der Waals surface area contributed by atoms with Crippen molar-refractivity contribution in [3.05, 3.63) is 46.3 Å². The Bertz CT molecular complexity index is 578. The number of azide groups is 1. The number of rotatable bonds is 8. The van der Waals surface area contributed by atoms with Gasteiger partial charge in [0.2, 0.25) is 0 Å². The number of nitrogens with one attached hydrogen (secondary N) is 1. The second-order valence-electron chi connectivity index (χ2n) is 7.15. The molecule has 0 radical (unpaired) electrons. The van der Waals surface area contributed by atoms with Gasteiger partial charge >= 0.3 is 6.09 Å². The third-order valence-corrected chi connectivity index (χ3v) is 4.56. The molecule has 0 heterocycles. The van der Waals surface area contributed by atoms with Gasteiger partial charge in [-0.15, -0.1) is 0 Å². The molecule has 2 rings (SSSR count). The van der Waals surface area contributed by atoms with Gasteiger partial charge < -0.3 is 10.1 Å². The van der Waals surface area contributed by atoms with E-state index in [4.69, 9.17) is 10.3 Å². The van der Waals surface area contributed by atoms with E-state index >= 15 is 0 Å². The zero-order valence-electron chi connectivity index (χ0n) is 15.1. The topological polar surface area (TPSA) is 87.1 Å². The van der Waals surface area contributed by atoms with Crippen LogP contribution in [0.25, 0.3) is 10.4 Å². The number of ether oxygens (including phenoxy) is 1. The van der Waals surface area contributed by atoms with E-state index in [1.54, 1.807) is 0 Å². The molecule has 6 heteroatoms.